The van der Waals surface area contributed by atoms with E-state index in [1.165, 1.54) is 0 Å². The second-order valence-electron chi connectivity index (χ2n) is 5.64. The summed E-state index contributed by atoms with van der Waals surface area (Å²) in [5.41, 5.74) is 8.39. The van der Waals surface area contributed by atoms with Crippen molar-refractivity contribution in [3.05, 3.63) is 71.7 Å². The van der Waals surface area contributed by atoms with Gasteiger partial charge in [0.25, 0.3) is 0 Å². The number of rotatable bonds is 6. The summed E-state index contributed by atoms with van der Waals surface area (Å²) in [6.07, 6.45) is 10.3. The number of nitrogens with zero attached hydrogens (tertiary/aromatic N) is 3. The smallest absolute Gasteiger partial charge is 0.162 e. The van der Waals surface area contributed by atoms with E-state index in [2.05, 4.69) is 35.5 Å². The van der Waals surface area contributed by atoms with E-state index in [-0.39, 0.29) is 6.04 Å². The van der Waals surface area contributed by atoms with Gasteiger partial charge in [-0.3, -0.25) is 0 Å². The Morgan fingerprint density at radius 1 is 1.48 bits per heavy atom. The fourth-order valence-electron chi connectivity index (χ4n) is 2.35. The molecule has 0 saturated carbocycles. The molecule has 0 aromatic carbocycles. The molecule has 2 aromatic rings. The van der Waals surface area contributed by atoms with Gasteiger partial charge in [-0.1, -0.05) is 42.3 Å². The van der Waals surface area contributed by atoms with E-state index in [9.17, 15) is 0 Å². The van der Waals surface area contributed by atoms with Crippen molar-refractivity contribution in [2.75, 3.05) is 6.54 Å². The SMILES string of the molecule is C=C(C)/C=C\C(C#Cc1cc(C(CN)n2ccnc2CC)on1)=CC. The number of imidazole rings is 1. The molecule has 0 aliphatic heterocycles. The fraction of sp³-hybridized carbons (Fsp3) is 0.300. The van der Waals surface area contributed by atoms with E-state index in [1.54, 1.807) is 6.20 Å². The molecule has 0 radical (unpaired) electrons. The standard InChI is InChI=1S/C20H24N4O/c1-5-16(8-7-15(3)4)9-10-17-13-19(25-23-17)18(14-21)24-12-11-22-20(24)6-2/h5,7-8,11-13,18H,3,6,14,21H2,1-2,4H3/b8-7-,16-5?. The topological polar surface area (TPSA) is 69.9 Å². The lowest BCUT2D eigenvalue weighted by Gasteiger charge is -2.15. The van der Waals surface area contributed by atoms with Crippen LogP contribution >= 0.6 is 0 Å². The van der Waals surface area contributed by atoms with Gasteiger partial charge in [-0.25, -0.2) is 4.98 Å². The Balaban J connectivity index is 2.22. The lowest BCUT2D eigenvalue weighted by molar-refractivity contribution is 0.342. The van der Waals surface area contributed by atoms with Crippen molar-refractivity contribution < 1.29 is 4.52 Å². The van der Waals surface area contributed by atoms with E-state index in [0.717, 1.165) is 23.4 Å². The Kier molecular flexibility index (Phi) is 6.55. The molecule has 0 aliphatic rings. The summed E-state index contributed by atoms with van der Waals surface area (Å²) in [5.74, 6) is 7.74. The quantitative estimate of drug-likeness (QED) is 0.648. The summed E-state index contributed by atoms with van der Waals surface area (Å²) in [4.78, 5) is 4.34. The van der Waals surface area contributed by atoms with E-state index in [4.69, 9.17) is 10.3 Å². The summed E-state index contributed by atoms with van der Waals surface area (Å²) < 4.78 is 7.49. The van der Waals surface area contributed by atoms with Gasteiger partial charge < -0.3 is 14.8 Å². The second kappa shape index (κ2) is 8.86. The molecule has 0 spiro atoms. The average Bonchev–Trinajstić information content (AvgIpc) is 3.25. The lowest BCUT2D eigenvalue weighted by atomic mass is 10.2. The van der Waals surface area contributed by atoms with Crippen LogP contribution in [0.25, 0.3) is 0 Å². The maximum atomic E-state index is 5.94. The third-order valence-electron chi connectivity index (χ3n) is 3.67. The molecule has 2 N–H and O–H groups in total. The molecule has 25 heavy (non-hydrogen) atoms. The highest BCUT2D eigenvalue weighted by atomic mass is 16.5. The van der Waals surface area contributed by atoms with Crippen LogP contribution in [0.15, 0.2) is 58.9 Å². The van der Waals surface area contributed by atoms with Crippen LogP contribution in [-0.2, 0) is 6.42 Å². The first-order valence-corrected chi connectivity index (χ1v) is 8.29. The fourth-order valence-corrected chi connectivity index (χ4v) is 2.35. The molecule has 1 atom stereocenters. The normalized spacial score (nSPS) is 12.9. The van der Waals surface area contributed by atoms with Crippen LogP contribution in [0, 0.1) is 11.8 Å². The summed E-state index contributed by atoms with van der Waals surface area (Å²) in [7, 11) is 0. The number of allylic oxidation sites excluding steroid dienone is 5. The van der Waals surface area contributed by atoms with Crippen molar-refractivity contribution in [1.82, 2.24) is 14.7 Å². The minimum atomic E-state index is -0.134. The van der Waals surface area contributed by atoms with Crippen molar-refractivity contribution in [2.24, 2.45) is 5.73 Å². The van der Waals surface area contributed by atoms with Crippen molar-refractivity contribution in [1.29, 1.82) is 0 Å². The van der Waals surface area contributed by atoms with Gasteiger partial charge in [0.15, 0.2) is 11.5 Å². The Morgan fingerprint density at radius 3 is 2.92 bits per heavy atom. The molecule has 0 fully saturated rings. The van der Waals surface area contributed by atoms with Crippen LogP contribution in [-0.4, -0.2) is 21.3 Å². The second-order valence-corrected chi connectivity index (χ2v) is 5.64. The average molecular weight is 336 g/mol. The predicted octanol–water partition coefficient (Wildman–Crippen LogP) is 3.41. The van der Waals surface area contributed by atoms with Crippen molar-refractivity contribution in [2.45, 2.75) is 33.2 Å². The highest BCUT2D eigenvalue weighted by molar-refractivity contribution is 5.44. The molecule has 0 saturated heterocycles. The monoisotopic (exact) mass is 336 g/mol. The molecule has 1 unspecified atom stereocenters. The highest BCUT2D eigenvalue weighted by Gasteiger charge is 2.19. The molecular formula is C20H24N4O. The van der Waals surface area contributed by atoms with Crippen LogP contribution in [0.2, 0.25) is 0 Å². The summed E-state index contributed by atoms with van der Waals surface area (Å²) in [6.45, 7) is 10.2. The Labute approximate surface area is 148 Å². The molecule has 5 heteroatoms. The first-order valence-electron chi connectivity index (χ1n) is 8.29. The van der Waals surface area contributed by atoms with Gasteiger partial charge >= 0.3 is 0 Å². The number of hydrogen-bond acceptors (Lipinski definition) is 4. The third-order valence-corrected chi connectivity index (χ3v) is 3.67. The maximum absolute atomic E-state index is 5.94. The number of nitrogens with two attached hydrogens (primary N) is 1. The number of hydrogen-bond donors (Lipinski definition) is 1. The summed E-state index contributed by atoms with van der Waals surface area (Å²) >= 11 is 0. The zero-order chi connectivity index (χ0) is 18.2. The molecule has 2 rings (SSSR count). The van der Waals surface area contributed by atoms with Crippen LogP contribution < -0.4 is 5.73 Å². The van der Waals surface area contributed by atoms with Gasteiger partial charge in [-0.15, -0.1) is 0 Å². The van der Waals surface area contributed by atoms with Gasteiger partial charge in [0.1, 0.15) is 11.9 Å². The lowest BCUT2D eigenvalue weighted by Crippen LogP contribution is -2.21. The summed E-state index contributed by atoms with van der Waals surface area (Å²) in [6, 6.07) is 1.70. The molecule has 5 nitrogen and oxygen atoms in total. The van der Waals surface area contributed by atoms with Crippen molar-refractivity contribution >= 4 is 0 Å². The summed E-state index contributed by atoms with van der Waals surface area (Å²) in [5, 5.41) is 4.05. The molecule has 0 aliphatic carbocycles. The van der Waals surface area contributed by atoms with Gasteiger partial charge in [0, 0.05) is 37.0 Å². The van der Waals surface area contributed by atoms with E-state index < -0.39 is 0 Å². The van der Waals surface area contributed by atoms with Gasteiger partial charge in [0.05, 0.1) is 0 Å². The third kappa shape index (κ3) is 4.82. The molecule has 0 amide bonds. The Bertz CT molecular complexity index is 842. The molecule has 2 aromatic heterocycles. The zero-order valence-corrected chi connectivity index (χ0v) is 15.0. The minimum Gasteiger partial charge on any atom is -0.358 e. The first kappa shape index (κ1) is 18.5. The van der Waals surface area contributed by atoms with Crippen molar-refractivity contribution in [3.8, 4) is 11.8 Å². The van der Waals surface area contributed by atoms with E-state index in [1.807, 2.05) is 48.9 Å². The number of aryl methyl sites for hydroxylation is 1. The van der Waals surface area contributed by atoms with Gasteiger partial charge in [-0.05, 0) is 25.8 Å². The van der Waals surface area contributed by atoms with Gasteiger partial charge in [0.2, 0.25) is 0 Å². The van der Waals surface area contributed by atoms with Crippen LogP contribution in [0.3, 0.4) is 0 Å². The Morgan fingerprint density at radius 2 is 2.28 bits per heavy atom. The zero-order valence-electron chi connectivity index (χ0n) is 15.0. The van der Waals surface area contributed by atoms with Crippen LogP contribution in [0.5, 0.6) is 0 Å². The van der Waals surface area contributed by atoms with E-state index in [0.29, 0.717) is 18.0 Å². The molecular weight excluding hydrogens is 312 g/mol. The van der Waals surface area contributed by atoms with Crippen LogP contribution in [0.4, 0.5) is 0 Å². The maximum Gasteiger partial charge on any atom is 0.162 e. The largest absolute Gasteiger partial charge is 0.358 e. The Hall–Kier alpha value is -2.84. The van der Waals surface area contributed by atoms with Crippen LogP contribution in [0.1, 0.15) is 44.1 Å². The van der Waals surface area contributed by atoms with Crippen molar-refractivity contribution in [3.63, 3.8) is 0 Å². The minimum absolute atomic E-state index is 0.134. The predicted molar refractivity (Wildman–Crippen MR) is 99.9 cm³/mol. The highest BCUT2D eigenvalue weighted by Crippen LogP contribution is 2.20. The molecule has 0 bridgehead atoms. The van der Waals surface area contributed by atoms with Gasteiger partial charge in [-0.2, -0.15) is 0 Å². The molecule has 130 valence electrons. The molecule has 2 heterocycles. The first-order chi connectivity index (χ1) is 12.1. The van der Waals surface area contributed by atoms with E-state index >= 15 is 0 Å². The number of aromatic nitrogens is 3.